The van der Waals surface area contributed by atoms with Gasteiger partial charge in [0, 0.05) is 12.0 Å². The highest BCUT2D eigenvalue weighted by Crippen LogP contribution is 2.13. The Kier molecular flexibility index (Phi) is 6.16. The van der Waals surface area contributed by atoms with E-state index in [0.717, 1.165) is 18.7 Å². The van der Waals surface area contributed by atoms with E-state index in [1.165, 1.54) is 11.8 Å². The van der Waals surface area contributed by atoms with Gasteiger partial charge in [-0.05, 0) is 30.7 Å². The van der Waals surface area contributed by atoms with Gasteiger partial charge in [0.2, 0.25) is 11.1 Å². The molecule has 0 unspecified atom stereocenters. The standard InChI is InChI=1S/C15H18N4O3S/c1-3-4-12-16-15(19-18-12)23-9-13(20)17-14(21)10-5-7-11(22-2)8-6-10/h5-8H,3-4,9H2,1-2H3,(H,16,18,19)(H,17,20,21). The molecule has 0 spiro atoms. The summed E-state index contributed by atoms with van der Waals surface area (Å²) in [5, 5.41) is 9.66. The molecular weight excluding hydrogens is 316 g/mol. The molecule has 0 bridgehead atoms. The number of rotatable bonds is 7. The maximum atomic E-state index is 11.9. The van der Waals surface area contributed by atoms with Gasteiger partial charge < -0.3 is 4.74 Å². The molecule has 8 heteroatoms. The smallest absolute Gasteiger partial charge is 0.257 e. The number of ether oxygens (including phenoxy) is 1. The summed E-state index contributed by atoms with van der Waals surface area (Å²) < 4.78 is 5.02. The van der Waals surface area contributed by atoms with Crippen LogP contribution in [-0.2, 0) is 11.2 Å². The molecule has 2 N–H and O–H groups in total. The van der Waals surface area contributed by atoms with Crippen LogP contribution in [0.25, 0.3) is 0 Å². The highest BCUT2D eigenvalue weighted by Gasteiger charge is 2.12. The first kappa shape index (κ1) is 17.0. The van der Waals surface area contributed by atoms with Gasteiger partial charge in [-0.15, -0.1) is 5.10 Å². The van der Waals surface area contributed by atoms with E-state index in [9.17, 15) is 9.59 Å². The van der Waals surface area contributed by atoms with Crippen LogP contribution in [0, 0.1) is 0 Å². The highest BCUT2D eigenvalue weighted by molar-refractivity contribution is 7.99. The molecule has 23 heavy (non-hydrogen) atoms. The Morgan fingerprint density at radius 3 is 2.70 bits per heavy atom. The average Bonchev–Trinajstić information content (AvgIpc) is 3.01. The third kappa shape index (κ3) is 5.10. The predicted octanol–water partition coefficient (Wildman–Crippen LogP) is 1.81. The summed E-state index contributed by atoms with van der Waals surface area (Å²) in [5.74, 6) is 0.684. The fourth-order valence-electron chi connectivity index (χ4n) is 1.80. The molecule has 0 aliphatic heterocycles. The van der Waals surface area contributed by atoms with Crippen molar-refractivity contribution in [3.63, 3.8) is 0 Å². The van der Waals surface area contributed by atoms with E-state index >= 15 is 0 Å². The first-order valence-corrected chi connectivity index (χ1v) is 8.13. The summed E-state index contributed by atoms with van der Waals surface area (Å²) in [6.45, 7) is 2.05. The SMILES string of the molecule is CCCc1nc(SCC(=O)NC(=O)c2ccc(OC)cc2)n[nH]1. The maximum Gasteiger partial charge on any atom is 0.257 e. The Morgan fingerprint density at radius 2 is 2.04 bits per heavy atom. The Bertz CT molecular complexity index is 670. The van der Waals surface area contributed by atoms with Crippen LogP contribution in [0.5, 0.6) is 5.75 Å². The van der Waals surface area contributed by atoms with Crippen molar-refractivity contribution in [2.75, 3.05) is 12.9 Å². The van der Waals surface area contributed by atoms with Crippen LogP contribution in [0.4, 0.5) is 0 Å². The summed E-state index contributed by atoms with van der Waals surface area (Å²) in [5.41, 5.74) is 0.396. The van der Waals surface area contributed by atoms with Crippen molar-refractivity contribution in [2.24, 2.45) is 0 Å². The molecular formula is C15H18N4O3S. The Labute approximate surface area is 138 Å². The van der Waals surface area contributed by atoms with E-state index in [2.05, 4.69) is 20.5 Å². The molecule has 122 valence electrons. The normalized spacial score (nSPS) is 10.3. The van der Waals surface area contributed by atoms with Crippen molar-refractivity contribution >= 4 is 23.6 Å². The number of methoxy groups -OCH3 is 1. The Hall–Kier alpha value is -2.35. The molecule has 0 radical (unpaired) electrons. The number of carbonyl (C=O) groups is 2. The van der Waals surface area contributed by atoms with Crippen LogP contribution in [-0.4, -0.2) is 39.9 Å². The fraction of sp³-hybridized carbons (Fsp3) is 0.333. The molecule has 0 saturated heterocycles. The second-order valence-electron chi connectivity index (χ2n) is 4.71. The van der Waals surface area contributed by atoms with Gasteiger partial charge in [0.25, 0.3) is 5.91 Å². The van der Waals surface area contributed by atoms with E-state index in [4.69, 9.17) is 4.74 Å². The Balaban J connectivity index is 1.82. The molecule has 0 aliphatic rings. The fourth-order valence-corrected chi connectivity index (χ4v) is 2.42. The summed E-state index contributed by atoms with van der Waals surface area (Å²) >= 11 is 1.18. The van der Waals surface area contributed by atoms with Crippen molar-refractivity contribution in [1.29, 1.82) is 0 Å². The lowest BCUT2D eigenvalue weighted by atomic mass is 10.2. The zero-order valence-corrected chi connectivity index (χ0v) is 13.8. The molecule has 2 aromatic rings. The van der Waals surface area contributed by atoms with Gasteiger partial charge in [-0.1, -0.05) is 18.7 Å². The number of aromatic nitrogens is 3. The van der Waals surface area contributed by atoms with Crippen molar-refractivity contribution in [3.8, 4) is 5.75 Å². The lowest BCUT2D eigenvalue weighted by Crippen LogP contribution is -2.31. The maximum absolute atomic E-state index is 11.9. The molecule has 1 heterocycles. The number of carbonyl (C=O) groups excluding carboxylic acids is 2. The van der Waals surface area contributed by atoms with Crippen LogP contribution in [0.15, 0.2) is 29.4 Å². The average molecular weight is 334 g/mol. The number of nitrogens with zero attached hydrogens (tertiary/aromatic N) is 2. The largest absolute Gasteiger partial charge is 0.497 e. The van der Waals surface area contributed by atoms with Gasteiger partial charge in [-0.3, -0.25) is 20.0 Å². The molecule has 0 saturated carbocycles. The number of amides is 2. The summed E-state index contributed by atoms with van der Waals surface area (Å²) in [7, 11) is 1.55. The van der Waals surface area contributed by atoms with E-state index in [0.29, 0.717) is 16.5 Å². The van der Waals surface area contributed by atoms with Crippen LogP contribution < -0.4 is 10.1 Å². The van der Waals surface area contributed by atoms with Crippen molar-refractivity contribution in [1.82, 2.24) is 20.5 Å². The number of H-pyrrole nitrogens is 1. The van der Waals surface area contributed by atoms with E-state index in [1.54, 1.807) is 31.4 Å². The minimum absolute atomic E-state index is 0.0747. The second kappa shape index (κ2) is 8.33. The van der Waals surface area contributed by atoms with Gasteiger partial charge in [-0.2, -0.15) is 0 Å². The predicted molar refractivity (Wildman–Crippen MR) is 86.6 cm³/mol. The molecule has 7 nitrogen and oxygen atoms in total. The zero-order chi connectivity index (χ0) is 16.7. The summed E-state index contributed by atoms with van der Waals surface area (Å²) in [4.78, 5) is 28.0. The van der Waals surface area contributed by atoms with Crippen LogP contribution in [0.2, 0.25) is 0 Å². The van der Waals surface area contributed by atoms with Gasteiger partial charge in [0.15, 0.2) is 0 Å². The Morgan fingerprint density at radius 1 is 1.30 bits per heavy atom. The number of aromatic amines is 1. The topological polar surface area (TPSA) is 97.0 Å². The highest BCUT2D eigenvalue weighted by atomic mass is 32.2. The molecule has 0 fully saturated rings. The second-order valence-corrected chi connectivity index (χ2v) is 5.65. The molecule has 1 aromatic carbocycles. The van der Waals surface area contributed by atoms with E-state index in [1.807, 2.05) is 6.92 Å². The summed E-state index contributed by atoms with van der Waals surface area (Å²) in [6.07, 6.45) is 1.78. The number of benzene rings is 1. The first-order chi connectivity index (χ1) is 11.1. The molecule has 0 aliphatic carbocycles. The molecule has 1 aromatic heterocycles. The van der Waals surface area contributed by atoms with E-state index < -0.39 is 11.8 Å². The van der Waals surface area contributed by atoms with Crippen molar-refractivity contribution in [3.05, 3.63) is 35.7 Å². The van der Waals surface area contributed by atoms with Crippen LogP contribution in [0.1, 0.15) is 29.5 Å². The third-order valence-corrected chi connectivity index (χ3v) is 3.78. The van der Waals surface area contributed by atoms with Gasteiger partial charge in [0.05, 0.1) is 12.9 Å². The number of imide groups is 1. The lowest BCUT2D eigenvalue weighted by Gasteiger charge is -2.04. The molecule has 2 rings (SSSR count). The van der Waals surface area contributed by atoms with Crippen molar-refractivity contribution in [2.45, 2.75) is 24.9 Å². The lowest BCUT2D eigenvalue weighted by molar-refractivity contribution is -0.117. The molecule has 2 amide bonds. The molecule has 0 atom stereocenters. The van der Waals surface area contributed by atoms with Gasteiger partial charge >= 0.3 is 0 Å². The van der Waals surface area contributed by atoms with Crippen molar-refractivity contribution < 1.29 is 14.3 Å². The first-order valence-electron chi connectivity index (χ1n) is 7.14. The van der Waals surface area contributed by atoms with Gasteiger partial charge in [-0.25, -0.2) is 4.98 Å². The third-order valence-electron chi connectivity index (χ3n) is 2.94. The number of thioether (sulfide) groups is 1. The van der Waals surface area contributed by atoms with E-state index in [-0.39, 0.29) is 5.75 Å². The monoisotopic (exact) mass is 334 g/mol. The quantitative estimate of drug-likeness (QED) is 0.750. The van der Waals surface area contributed by atoms with Crippen LogP contribution >= 0.6 is 11.8 Å². The number of hydrogen-bond acceptors (Lipinski definition) is 6. The number of nitrogens with one attached hydrogen (secondary N) is 2. The zero-order valence-electron chi connectivity index (χ0n) is 13.0. The minimum atomic E-state index is -0.445. The van der Waals surface area contributed by atoms with Crippen LogP contribution in [0.3, 0.4) is 0 Å². The minimum Gasteiger partial charge on any atom is -0.497 e. The van der Waals surface area contributed by atoms with Gasteiger partial charge in [0.1, 0.15) is 11.6 Å². The number of aryl methyl sites for hydroxylation is 1. The number of hydrogen-bond donors (Lipinski definition) is 2. The summed E-state index contributed by atoms with van der Waals surface area (Å²) in [6, 6.07) is 6.52.